The molecule has 0 saturated heterocycles. The Morgan fingerprint density at radius 2 is 1.76 bits per heavy atom. The standard InChI is InChI=1S/C14H6F4N2O/c15-8-2-1-3-9(5-8)20-14(21)10-4-7(6-19)11(16)13(18)12(10)17/h1-5H,(H,20,21). The fraction of sp³-hybridized carbons (Fsp3) is 0. The molecule has 3 nitrogen and oxygen atoms in total. The van der Waals surface area contributed by atoms with E-state index in [1.165, 1.54) is 18.2 Å². The summed E-state index contributed by atoms with van der Waals surface area (Å²) in [4.78, 5) is 11.8. The maximum atomic E-state index is 13.6. The number of amides is 1. The molecule has 0 saturated carbocycles. The van der Waals surface area contributed by atoms with E-state index in [2.05, 4.69) is 5.32 Å². The number of hydrogen-bond acceptors (Lipinski definition) is 2. The van der Waals surface area contributed by atoms with E-state index in [1.54, 1.807) is 0 Å². The molecule has 2 aromatic carbocycles. The van der Waals surface area contributed by atoms with Crippen LogP contribution in [0.15, 0.2) is 30.3 Å². The lowest BCUT2D eigenvalue weighted by Crippen LogP contribution is -2.16. The lowest BCUT2D eigenvalue weighted by Gasteiger charge is -2.08. The fourth-order valence-corrected chi connectivity index (χ4v) is 1.62. The zero-order valence-corrected chi connectivity index (χ0v) is 10.3. The molecule has 2 aromatic rings. The Morgan fingerprint density at radius 3 is 2.38 bits per heavy atom. The molecule has 0 aromatic heterocycles. The molecule has 0 aliphatic carbocycles. The van der Waals surface area contributed by atoms with Gasteiger partial charge in [-0.05, 0) is 24.3 Å². The molecule has 0 bridgehead atoms. The molecule has 106 valence electrons. The van der Waals surface area contributed by atoms with E-state index in [1.807, 2.05) is 0 Å². The van der Waals surface area contributed by atoms with E-state index in [0.717, 1.165) is 12.1 Å². The predicted molar refractivity (Wildman–Crippen MR) is 65.4 cm³/mol. The van der Waals surface area contributed by atoms with Gasteiger partial charge in [-0.3, -0.25) is 4.79 Å². The second kappa shape index (κ2) is 5.63. The van der Waals surface area contributed by atoms with Crippen molar-refractivity contribution >= 4 is 11.6 Å². The number of nitrogens with zero attached hydrogens (tertiary/aromatic N) is 1. The smallest absolute Gasteiger partial charge is 0.258 e. The van der Waals surface area contributed by atoms with Gasteiger partial charge in [0, 0.05) is 5.69 Å². The maximum absolute atomic E-state index is 13.6. The lowest BCUT2D eigenvalue weighted by atomic mass is 10.1. The summed E-state index contributed by atoms with van der Waals surface area (Å²) in [6.45, 7) is 0. The number of carbonyl (C=O) groups is 1. The third-order valence-corrected chi connectivity index (χ3v) is 2.59. The second-order valence-electron chi connectivity index (χ2n) is 3.99. The van der Waals surface area contributed by atoms with Gasteiger partial charge in [-0.1, -0.05) is 6.07 Å². The van der Waals surface area contributed by atoms with Crippen LogP contribution in [0.3, 0.4) is 0 Å². The van der Waals surface area contributed by atoms with Crippen molar-refractivity contribution in [3.63, 3.8) is 0 Å². The lowest BCUT2D eigenvalue weighted by molar-refractivity contribution is 0.102. The summed E-state index contributed by atoms with van der Waals surface area (Å²) in [6, 6.07) is 6.60. The minimum absolute atomic E-state index is 0.00245. The predicted octanol–water partition coefficient (Wildman–Crippen LogP) is 3.37. The van der Waals surface area contributed by atoms with Gasteiger partial charge in [0.1, 0.15) is 11.9 Å². The highest BCUT2D eigenvalue weighted by atomic mass is 19.2. The van der Waals surface area contributed by atoms with Gasteiger partial charge in [0.25, 0.3) is 5.91 Å². The van der Waals surface area contributed by atoms with Gasteiger partial charge in [0.15, 0.2) is 17.5 Å². The first-order valence-electron chi connectivity index (χ1n) is 5.58. The third-order valence-electron chi connectivity index (χ3n) is 2.59. The van der Waals surface area contributed by atoms with E-state index in [-0.39, 0.29) is 5.69 Å². The number of anilines is 1. The first-order valence-corrected chi connectivity index (χ1v) is 5.58. The molecule has 0 aliphatic heterocycles. The molecule has 2 rings (SSSR count). The van der Waals surface area contributed by atoms with Crippen LogP contribution in [0.4, 0.5) is 23.2 Å². The average molecular weight is 294 g/mol. The van der Waals surface area contributed by atoms with Crippen molar-refractivity contribution < 1.29 is 22.4 Å². The van der Waals surface area contributed by atoms with Crippen molar-refractivity contribution in [1.82, 2.24) is 0 Å². The van der Waals surface area contributed by atoms with Crippen molar-refractivity contribution in [2.24, 2.45) is 0 Å². The van der Waals surface area contributed by atoms with E-state index >= 15 is 0 Å². The zero-order chi connectivity index (χ0) is 15.6. The van der Waals surface area contributed by atoms with Crippen molar-refractivity contribution in [2.45, 2.75) is 0 Å². The first kappa shape index (κ1) is 14.5. The molecule has 0 radical (unpaired) electrons. The van der Waals surface area contributed by atoms with Gasteiger partial charge in [0.2, 0.25) is 0 Å². The summed E-state index contributed by atoms with van der Waals surface area (Å²) in [5.74, 6) is -7.08. The highest BCUT2D eigenvalue weighted by Crippen LogP contribution is 2.20. The molecule has 0 unspecified atom stereocenters. The maximum Gasteiger partial charge on any atom is 0.258 e. The second-order valence-corrected chi connectivity index (χ2v) is 3.99. The van der Waals surface area contributed by atoms with Crippen LogP contribution in [-0.4, -0.2) is 5.91 Å². The third kappa shape index (κ3) is 2.84. The quantitative estimate of drug-likeness (QED) is 0.682. The van der Waals surface area contributed by atoms with E-state index in [9.17, 15) is 22.4 Å². The zero-order valence-electron chi connectivity index (χ0n) is 10.3. The summed E-state index contributed by atoms with van der Waals surface area (Å²) in [6.07, 6.45) is 0. The van der Waals surface area contributed by atoms with Crippen LogP contribution in [0.5, 0.6) is 0 Å². The van der Waals surface area contributed by atoms with Gasteiger partial charge in [-0.15, -0.1) is 0 Å². The monoisotopic (exact) mass is 294 g/mol. The number of carbonyl (C=O) groups excluding carboxylic acids is 1. The normalized spacial score (nSPS) is 10.0. The molecule has 1 amide bonds. The molecular formula is C14H6F4N2O. The molecule has 0 atom stereocenters. The fourth-order valence-electron chi connectivity index (χ4n) is 1.62. The van der Waals surface area contributed by atoms with Crippen LogP contribution in [-0.2, 0) is 0 Å². The highest BCUT2D eigenvalue weighted by Gasteiger charge is 2.22. The highest BCUT2D eigenvalue weighted by molar-refractivity contribution is 6.04. The molecule has 0 aliphatic rings. The molecule has 21 heavy (non-hydrogen) atoms. The minimum atomic E-state index is -1.92. The molecule has 7 heteroatoms. The number of halogens is 4. The number of hydrogen-bond donors (Lipinski definition) is 1. The number of nitriles is 1. The van der Waals surface area contributed by atoms with Gasteiger partial charge in [0.05, 0.1) is 11.1 Å². The van der Waals surface area contributed by atoms with Crippen molar-refractivity contribution in [3.8, 4) is 6.07 Å². The Labute approximate surface area is 116 Å². The SMILES string of the molecule is N#Cc1cc(C(=O)Nc2cccc(F)c2)c(F)c(F)c1F. The van der Waals surface area contributed by atoms with Crippen molar-refractivity contribution in [3.05, 3.63) is 64.7 Å². The Bertz CT molecular complexity index is 768. The van der Waals surface area contributed by atoms with E-state index < -0.39 is 40.3 Å². The Balaban J connectivity index is 2.40. The van der Waals surface area contributed by atoms with Crippen molar-refractivity contribution in [2.75, 3.05) is 5.32 Å². The molecule has 0 spiro atoms. The molecule has 1 N–H and O–H groups in total. The van der Waals surface area contributed by atoms with E-state index in [4.69, 9.17) is 5.26 Å². The van der Waals surface area contributed by atoms with Crippen LogP contribution in [0.2, 0.25) is 0 Å². The summed E-state index contributed by atoms with van der Waals surface area (Å²) < 4.78 is 52.9. The average Bonchev–Trinajstić information content (AvgIpc) is 2.45. The molecule has 0 fully saturated rings. The number of benzene rings is 2. The van der Waals surface area contributed by atoms with Crippen LogP contribution in [0, 0.1) is 34.6 Å². The molecular weight excluding hydrogens is 288 g/mol. The Kier molecular flexibility index (Phi) is 3.89. The number of nitrogens with one attached hydrogen (secondary N) is 1. The summed E-state index contributed by atoms with van der Waals surface area (Å²) in [5.41, 5.74) is -1.66. The minimum Gasteiger partial charge on any atom is -0.322 e. The Morgan fingerprint density at radius 1 is 1.05 bits per heavy atom. The summed E-state index contributed by atoms with van der Waals surface area (Å²) >= 11 is 0. The Hall–Kier alpha value is -2.88. The largest absolute Gasteiger partial charge is 0.322 e. The summed E-state index contributed by atoms with van der Waals surface area (Å²) in [5, 5.41) is 10.7. The van der Waals surface area contributed by atoms with Gasteiger partial charge >= 0.3 is 0 Å². The van der Waals surface area contributed by atoms with Crippen LogP contribution in [0.25, 0.3) is 0 Å². The van der Waals surface area contributed by atoms with Gasteiger partial charge in [-0.2, -0.15) is 5.26 Å². The summed E-state index contributed by atoms with van der Waals surface area (Å²) in [7, 11) is 0. The van der Waals surface area contributed by atoms with Crippen LogP contribution in [0.1, 0.15) is 15.9 Å². The number of rotatable bonds is 2. The first-order chi connectivity index (χ1) is 9.93. The van der Waals surface area contributed by atoms with Crippen LogP contribution >= 0.6 is 0 Å². The topological polar surface area (TPSA) is 52.9 Å². The van der Waals surface area contributed by atoms with Crippen LogP contribution < -0.4 is 5.32 Å². The molecule has 0 heterocycles. The van der Waals surface area contributed by atoms with Gasteiger partial charge in [-0.25, -0.2) is 17.6 Å². The van der Waals surface area contributed by atoms with E-state index in [0.29, 0.717) is 6.07 Å². The van der Waals surface area contributed by atoms with Crippen molar-refractivity contribution in [1.29, 1.82) is 5.26 Å². The van der Waals surface area contributed by atoms with Gasteiger partial charge < -0.3 is 5.32 Å².